The molecule has 3 aromatic carbocycles. The quantitative estimate of drug-likeness (QED) is 0.155. The number of ether oxygens (including phenoxy) is 2. The summed E-state index contributed by atoms with van der Waals surface area (Å²) >= 11 is 1.36. The fourth-order valence-electron chi connectivity index (χ4n) is 3.83. The van der Waals surface area contributed by atoms with Gasteiger partial charge in [-0.05, 0) is 35.4 Å². The van der Waals surface area contributed by atoms with Crippen molar-refractivity contribution < 1.29 is 14.3 Å². The van der Waals surface area contributed by atoms with E-state index in [-0.39, 0.29) is 18.3 Å². The lowest BCUT2D eigenvalue weighted by molar-refractivity contribution is -0.141. The summed E-state index contributed by atoms with van der Waals surface area (Å²) < 4.78 is 12.8. The average molecular weight is 482 g/mol. The maximum Gasteiger partial charge on any atom is 0.316 e. The highest BCUT2D eigenvalue weighted by atomic mass is 32.2. The number of rotatable bonds is 8. The predicted molar refractivity (Wildman–Crippen MR) is 138 cm³/mol. The number of benzene rings is 3. The maximum absolute atomic E-state index is 12.5. The van der Waals surface area contributed by atoms with Gasteiger partial charge in [-0.1, -0.05) is 72.4 Å². The first-order valence-corrected chi connectivity index (χ1v) is 12.1. The van der Waals surface area contributed by atoms with Crippen molar-refractivity contribution in [2.24, 2.45) is 0 Å². The maximum atomic E-state index is 12.5. The van der Waals surface area contributed by atoms with Gasteiger partial charge < -0.3 is 14.0 Å². The minimum atomic E-state index is -0.290. The lowest BCUT2D eigenvalue weighted by atomic mass is 10.1. The highest BCUT2D eigenvalue weighted by molar-refractivity contribution is 8.00. The third kappa shape index (κ3) is 5.05. The molecule has 0 saturated heterocycles. The molecule has 0 atom stereocenters. The standard InChI is InChI=1S/C28H23N3O3S/c1-33-23-14-12-22(13-15-23)31-16-24(21-10-6-3-7-11-21)26-27(31)29-19-30-28(26)35-18-25(32)34-17-20-8-4-2-5-9-20/h2-16,19H,17-18H2,1H3. The molecule has 0 radical (unpaired) electrons. The molecule has 2 aromatic heterocycles. The Morgan fingerprint density at radius 1 is 0.914 bits per heavy atom. The molecule has 0 N–H and O–H groups in total. The van der Waals surface area contributed by atoms with Gasteiger partial charge in [0.1, 0.15) is 29.4 Å². The highest BCUT2D eigenvalue weighted by Gasteiger charge is 2.18. The van der Waals surface area contributed by atoms with Gasteiger partial charge in [0.2, 0.25) is 0 Å². The molecular formula is C28H23N3O3S. The van der Waals surface area contributed by atoms with E-state index in [1.54, 1.807) is 7.11 Å². The zero-order valence-corrected chi connectivity index (χ0v) is 19.9. The number of hydrogen-bond acceptors (Lipinski definition) is 6. The van der Waals surface area contributed by atoms with E-state index in [0.29, 0.717) is 0 Å². The zero-order valence-electron chi connectivity index (χ0n) is 19.1. The SMILES string of the molecule is COc1ccc(-n2cc(-c3ccccc3)c3c(SCC(=O)OCc4ccccc4)ncnc32)cc1. The van der Waals surface area contributed by atoms with Gasteiger partial charge in [-0.25, -0.2) is 9.97 Å². The second-order valence-corrected chi connectivity index (χ2v) is 8.75. The molecule has 5 rings (SSSR count). The molecule has 174 valence electrons. The number of carbonyl (C=O) groups is 1. The summed E-state index contributed by atoms with van der Waals surface area (Å²) in [6, 6.07) is 27.6. The van der Waals surface area contributed by atoms with Gasteiger partial charge in [0.05, 0.1) is 18.2 Å². The van der Waals surface area contributed by atoms with E-state index >= 15 is 0 Å². The molecule has 0 bridgehead atoms. The van der Waals surface area contributed by atoms with Crippen molar-refractivity contribution in [3.63, 3.8) is 0 Å². The van der Waals surface area contributed by atoms with Crippen molar-refractivity contribution in [3.05, 3.63) is 103 Å². The molecule has 0 aliphatic heterocycles. The van der Waals surface area contributed by atoms with E-state index in [1.165, 1.54) is 18.1 Å². The van der Waals surface area contributed by atoms with Gasteiger partial charge in [-0.15, -0.1) is 0 Å². The minimum Gasteiger partial charge on any atom is -0.497 e. The first-order chi connectivity index (χ1) is 17.2. The monoisotopic (exact) mass is 481 g/mol. The van der Waals surface area contributed by atoms with Crippen LogP contribution in [-0.2, 0) is 16.1 Å². The number of fused-ring (bicyclic) bond motifs is 1. The Morgan fingerprint density at radius 3 is 2.34 bits per heavy atom. The summed E-state index contributed by atoms with van der Waals surface area (Å²) in [6.45, 7) is 0.253. The fourth-order valence-corrected chi connectivity index (χ4v) is 4.63. The van der Waals surface area contributed by atoms with E-state index < -0.39 is 0 Å². The molecular weight excluding hydrogens is 458 g/mol. The van der Waals surface area contributed by atoms with E-state index in [9.17, 15) is 4.79 Å². The first kappa shape index (κ1) is 22.7. The van der Waals surface area contributed by atoms with Crippen molar-refractivity contribution in [2.45, 2.75) is 11.6 Å². The van der Waals surface area contributed by atoms with Crippen LogP contribution < -0.4 is 4.74 Å². The van der Waals surface area contributed by atoms with Crippen molar-refractivity contribution in [1.29, 1.82) is 0 Å². The number of methoxy groups -OCH3 is 1. The summed E-state index contributed by atoms with van der Waals surface area (Å²) in [6.07, 6.45) is 3.60. The zero-order chi connectivity index (χ0) is 24.0. The van der Waals surface area contributed by atoms with Crippen molar-refractivity contribution in [2.75, 3.05) is 12.9 Å². The Morgan fingerprint density at radius 2 is 1.63 bits per heavy atom. The second-order valence-electron chi connectivity index (χ2n) is 7.79. The van der Waals surface area contributed by atoms with Crippen LogP contribution in [0.3, 0.4) is 0 Å². The van der Waals surface area contributed by atoms with Crippen LogP contribution in [0.25, 0.3) is 27.8 Å². The normalized spacial score (nSPS) is 10.9. The summed E-state index contributed by atoms with van der Waals surface area (Å²) in [5.41, 5.74) is 4.72. The number of esters is 1. The molecule has 0 amide bonds. The molecule has 35 heavy (non-hydrogen) atoms. The lowest BCUT2D eigenvalue weighted by Gasteiger charge is -2.07. The number of carbonyl (C=O) groups excluding carboxylic acids is 1. The van der Waals surface area contributed by atoms with Crippen LogP contribution >= 0.6 is 11.8 Å². The van der Waals surface area contributed by atoms with Gasteiger partial charge in [-0.3, -0.25) is 4.79 Å². The van der Waals surface area contributed by atoms with Crippen LogP contribution in [0.15, 0.2) is 102 Å². The van der Waals surface area contributed by atoms with Crippen LogP contribution in [0.4, 0.5) is 0 Å². The van der Waals surface area contributed by atoms with Crippen LogP contribution in [0.1, 0.15) is 5.56 Å². The topological polar surface area (TPSA) is 66.2 Å². The van der Waals surface area contributed by atoms with E-state index in [4.69, 9.17) is 9.47 Å². The number of aromatic nitrogens is 3. The number of nitrogens with zero attached hydrogens (tertiary/aromatic N) is 3. The lowest BCUT2D eigenvalue weighted by Crippen LogP contribution is -2.07. The van der Waals surface area contributed by atoms with Crippen LogP contribution in [0, 0.1) is 0 Å². The Hall–Kier alpha value is -4.10. The summed E-state index contributed by atoms with van der Waals surface area (Å²) in [5.74, 6) is 0.649. The number of hydrogen-bond donors (Lipinski definition) is 0. The van der Waals surface area contributed by atoms with Crippen LogP contribution in [0.2, 0.25) is 0 Å². The summed E-state index contributed by atoms with van der Waals surface area (Å²) in [7, 11) is 1.65. The van der Waals surface area contributed by atoms with Crippen molar-refractivity contribution >= 4 is 28.8 Å². The van der Waals surface area contributed by atoms with Gasteiger partial charge in [0.15, 0.2) is 0 Å². The van der Waals surface area contributed by atoms with Crippen molar-refractivity contribution in [3.8, 4) is 22.6 Å². The van der Waals surface area contributed by atoms with Gasteiger partial charge in [0.25, 0.3) is 0 Å². The Bertz CT molecular complexity index is 1440. The average Bonchev–Trinajstić information content (AvgIpc) is 3.32. The van der Waals surface area contributed by atoms with E-state index in [1.807, 2.05) is 77.4 Å². The molecule has 0 unspecified atom stereocenters. The largest absolute Gasteiger partial charge is 0.497 e. The summed E-state index contributed by atoms with van der Waals surface area (Å²) in [5, 5.41) is 1.63. The summed E-state index contributed by atoms with van der Waals surface area (Å²) in [4.78, 5) is 21.6. The van der Waals surface area contributed by atoms with Gasteiger partial charge in [0, 0.05) is 17.4 Å². The van der Waals surface area contributed by atoms with Crippen LogP contribution in [-0.4, -0.2) is 33.4 Å². The van der Waals surface area contributed by atoms with Crippen LogP contribution in [0.5, 0.6) is 5.75 Å². The molecule has 6 nitrogen and oxygen atoms in total. The first-order valence-electron chi connectivity index (χ1n) is 11.1. The molecule has 5 aromatic rings. The van der Waals surface area contributed by atoms with Gasteiger partial charge in [-0.2, -0.15) is 0 Å². The van der Waals surface area contributed by atoms with E-state index in [2.05, 4.69) is 28.3 Å². The smallest absolute Gasteiger partial charge is 0.316 e. The fraction of sp³-hybridized carbons (Fsp3) is 0.107. The Balaban J connectivity index is 1.47. The third-order valence-corrected chi connectivity index (χ3v) is 6.52. The molecule has 2 heterocycles. The Kier molecular flexibility index (Phi) is 6.77. The molecule has 0 spiro atoms. The molecule has 7 heteroatoms. The van der Waals surface area contributed by atoms with Crippen molar-refractivity contribution in [1.82, 2.24) is 14.5 Å². The van der Waals surface area contributed by atoms with E-state index in [0.717, 1.165) is 44.2 Å². The third-order valence-electron chi connectivity index (χ3n) is 5.55. The molecule has 0 aliphatic carbocycles. The number of thioether (sulfide) groups is 1. The minimum absolute atomic E-state index is 0.154. The highest BCUT2D eigenvalue weighted by Crippen LogP contribution is 2.37. The predicted octanol–water partition coefficient (Wildman–Crippen LogP) is 5.93. The van der Waals surface area contributed by atoms with Gasteiger partial charge >= 0.3 is 5.97 Å². The molecule has 0 aliphatic rings. The Labute approximate surface area is 207 Å². The second kappa shape index (κ2) is 10.4. The molecule has 0 fully saturated rings. The molecule has 0 saturated carbocycles.